The molecular weight excluding hydrogens is 230 g/mol. The molecule has 2 rings (SSSR count). The maximum atomic E-state index is 9.47. The van der Waals surface area contributed by atoms with Crippen molar-refractivity contribution in [1.82, 2.24) is 4.90 Å². The van der Waals surface area contributed by atoms with Crippen molar-refractivity contribution >= 4 is 21.4 Å². The maximum Gasteiger partial charge on any atom is 0.0778 e. The molecule has 0 aliphatic carbocycles. The van der Waals surface area contributed by atoms with Gasteiger partial charge in [0.25, 0.3) is 0 Å². The molecule has 1 aromatic carbocycles. The van der Waals surface area contributed by atoms with E-state index in [-0.39, 0.29) is 6.61 Å². The lowest BCUT2D eigenvalue weighted by Crippen LogP contribution is -2.22. The minimum absolute atomic E-state index is 0.149. The van der Waals surface area contributed by atoms with Crippen LogP contribution >= 0.6 is 11.3 Å². The molecule has 0 aliphatic rings. The van der Waals surface area contributed by atoms with Gasteiger partial charge in [-0.2, -0.15) is 0 Å². The molecule has 92 valence electrons. The molecule has 0 radical (unpaired) electrons. The lowest BCUT2D eigenvalue weighted by atomic mass is 10.1. The summed E-state index contributed by atoms with van der Waals surface area (Å²) in [4.78, 5) is 3.49. The number of hydrogen-bond acceptors (Lipinski definition) is 3. The molecule has 1 aromatic heterocycles. The molecular formula is C14H19NOS. The lowest BCUT2D eigenvalue weighted by molar-refractivity contribution is 0.273. The molecule has 3 heteroatoms. The molecule has 0 saturated carbocycles. The highest BCUT2D eigenvalue weighted by Crippen LogP contribution is 2.32. The van der Waals surface area contributed by atoms with Gasteiger partial charge in [-0.05, 0) is 30.1 Å². The van der Waals surface area contributed by atoms with Crippen LogP contribution in [0.25, 0.3) is 10.1 Å². The van der Waals surface area contributed by atoms with Crippen LogP contribution in [0.1, 0.15) is 24.3 Å². The third-order valence-corrected chi connectivity index (χ3v) is 4.40. The topological polar surface area (TPSA) is 23.5 Å². The predicted molar refractivity (Wildman–Crippen MR) is 74.4 cm³/mol. The fourth-order valence-corrected chi connectivity index (χ4v) is 3.20. The van der Waals surface area contributed by atoms with E-state index in [9.17, 15) is 5.11 Å². The van der Waals surface area contributed by atoms with E-state index in [0.717, 1.165) is 24.5 Å². The molecule has 0 aliphatic heterocycles. The largest absolute Gasteiger partial charge is 0.391 e. The zero-order valence-electron chi connectivity index (χ0n) is 10.4. The van der Waals surface area contributed by atoms with Crippen LogP contribution in [0.15, 0.2) is 24.3 Å². The molecule has 2 aromatic rings. The molecule has 0 atom stereocenters. The summed E-state index contributed by atoms with van der Waals surface area (Å²) in [6, 6.07) is 8.41. The molecule has 17 heavy (non-hydrogen) atoms. The fourth-order valence-electron chi connectivity index (χ4n) is 2.12. The van der Waals surface area contributed by atoms with Gasteiger partial charge in [-0.3, -0.25) is 4.90 Å². The SMILES string of the molecule is CCN(CC)Cc1c(CO)sc2ccccc12. The third kappa shape index (κ3) is 2.51. The van der Waals surface area contributed by atoms with Gasteiger partial charge in [0.1, 0.15) is 0 Å². The van der Waals surface area contributed by atoms with E-state index in [1.54, 1.807) is 11.3 Å². The van der Waals surface area contributed by atoms with Crippen molar-refractivity contribution in [2.45, 2.75) is 27.0 Å². The van der Waals surface area contributed by atoms with E-state index >= 15 is 0 Å². The predicted octanol–water partition coefficient (Wildman–Crippen LogP) is 3.24. The molecule has 0 fully saturated rings. The molecule has 0 spiro atoms. The molecule has 0 saturated heterocycles. The summed E-state index contributed by atoms with van der Waals surface area (Å²) in [5.41, 5.74) is 1.30. The molecule has 2 nitrogen and oxygen atoms in total. The number of fused-ring (bicyclic) bond motifs is 1. The van der Waals surface area contributed by atoms with Crippen LogP contribution < -0.4 is 0 Å². The van der Waals surface area contributed by atoms with E-state index in [1.165, 1.54) is 15.6 Å². The maximum absolute atomic E-state index is 9.47. The quantitative estimate of drug-likeness (QED) is 0.879. The average molecular weight is 249 g/mol. The first-order valence-corrected chi connectivity index (χ1v) is 6.94. The Morgan fingerprint density at radius 2 is 1.88 bits per heavy atom. The Kier molecular flexibility index (Phi) is 4.15. The smallest absolute Gasteiger partial charge is 0.0778 e. The van der Waals surface area contributed by atoms with Gasteiger partial charge >= 0.3 is 0 Å². The second-order valence-corrected chi connectivity index (χ2v) is 5.26. The molecule has 1 N–H and O–H groups in total. The van der Waals surface area contributed by atoms with Crippen molar-refractivity contribution < 1.29 is 5.11 Å². The van der Waals surface area contributed by atoms with E-state index in [2.05, 4.69) is 43.0 Å². The highest BCUT2D eigenvalue weighted by Gasteiger charge is 2.13. The zero-order valence-corrected chi connectivity index (χ0v) is 11.3. The molecule has 1 heterocycles. The van der Waals surface area contributed by atoms with E-state index in [4.69, 9.17) is 0 Å². The number of aliphatic hydroxyl groups is 1. The number of aliphatic hydroxyl groups excluding tert-OH is 1. The molecule has 0 amide bonds. The van der Waals surface area contributed by atoms with Gasteiger partial charge in [0.2, 0.25) is 0 Å². The average Bonchev–Trinajstić information content (AvgIpc) is 2.73. The van der Waals surface area contributed by atoms with Gasteiger partial charge in [-0.15, -0.1) is 11.3 Å². The zero-order chi connectivity index (χ0) is 12.3. The van der Waals surface area contributed by atoms with Gasteiger partial charge in [0.15, 0.2) is 0 Å². The van der Waals surface area contributed by atoms with Crippen molar-refractivity contribution in [2.75, 3.05) is 13.1 Å². The lowest BCUT2D eigenvalue weighted by Gasteiger charge is -2.18. The third-order valence-electron chi connectivity index (χ3n) is 3.20. The highest BCUT2D eigenvalue weighted by molar-refractivity contribution is 7.19. The number of nitrogens with zero attached hydrogens (tertiary/aromatic N) is 1. The minimum Gasteiger partial charge on any atom is -0.391 e. The number of benzene rings is 1. The van der Waals surface area contributed by atoms with Crippen LogP contribution in [0.5, 0.6) is 0 Å². The Bertz CT molecular complexity index is 488. The van der Waals surface area contributed by atoms with Gasteiger partial charge < -0.3 is 5.11 Å². The van der Waals surface area contributed by atoms with Gasteiger partial charge in [-0.1, -0.05) is 32.0 Å². The second kappa shape index (κ2) is 5.63. The fraction of sp³-hybridized carbons (Fsp3) is 0.429. The number of rotatable bonds is 5. The first-order valence-electron chi connectivity index (χ1n) is 6.12. The van der Waals surface area contributed by atoms with E-state index < -0.39 is 0 Å². The summed E-state index contributed by atoms with van der Waals surface area (Å²) in [6.07, 6.45) is 0. The van der Waals surface area contributed by atoms with Crippen LogP contribution in [-0.2, 0) is 13.2 Å². The van der Waals surface area contributed by atoms with Gasteiger partial charge in [0.05, 0.1) is 6.61 Å². The van der Waals surface area contributed by atoms with Crippen LogP contribution in [0, 0.1) is 0 Å². The Morgan fingerprint density at radius 3 is 2.53 bits per heavy atom. The van der Waals surface area contributed by atoms with Crippen LogP contribution in [-0.4, -0.2) is 23.1 Å². The van der Waals surface area contributed by atoms with Crippen molar-refractivity contribution in [3.05, 3.63) is 34.7 Å². The first-order chi connectivity index (χ1) is 8.30. The molecule has 0 bridgehead atoms. The summed E-state index contributed by atoms with van der Waals surface area (Å²) in [6.45, 7) is 7.54. The minimum atomic E-state index is 0.149. The number of thiophene rings is 1. The monoisotopic (exact) mass is 249 g/mol. The van der Waals surface area contributed by atoms with Crippen molar-refractivity contribution in [1.29, 1.82) is 0 Å². The van der Waals surface area contributed by atoms with Gasteiger partial charge in [0, 0.05) is 16.1 Å². The summed E-state index contributed by atoms with van der Waals surface area (Å²) < 4.78 is 1.28. The Labute approximate surface area is 106 Å². The summed E-state index contributed by atoms with van der Waals surface area (Å²) in [5.74, 6) is 0. The van der Waals surface area contributed by atoms with Crippen LogP contribution in [0.2, 0.25) is 0 Å². The van der Waals surface area contributed by atoms with Crippen molar-refractivity contribution in [3.8, 4) is 0 Å². The Hall–Kier alpha value is -0.900. The summed E-state index contributed by atoms with van der Waals surface area (Å²) in [7, 11) is 0. The Balaban J connectivity index is 2.42. The molecule has 0 unspecified atom stereocenters. The normalized spacial score (nSPS) is 11.5. The standard InChI is InChI=1S/C14H19NOS/c1-3-15(4-2)9-12-11-7-5-6-8-13(11)17-14(12)10-16/h5-8,16H,3-4,9-10H2,1-2H3. The highest BCUT2D eigenvalue weighted by atomic mass is 32.1. The van der Waals surface area contributed by atoms with Crippen LogP contribution in [0.4, 0.5) is 0 Å². The van der Waals surface area contributed by atoms with Crippen molar-refractivity contribution in [2.24, 2.45) is 0 Å². The van der Waals surface area contributed by atoms with E-state index in [1.807, 2.05) is 0 Å². The first kappa shape index (κ1) is 12.6. The summed E-state index contributed by atoms with van der Waals surface area (Å²) >= 11 is 1.71. The van der Waals surface area contributed by atoms with Gasteiger partial charge in [-0.25, -0.2) is 0 Å². The number of hydrogen-bond donors (Lipinski definition) is 1. The van der Waals surface area contributed by atoms with Crippen molar-refractivity contribution in [3.63, 3.8) is 0 Å². The van der Waals surface area contributed by atoms with Crippen LogP contribution in [0.3, 0.4) is 0 Å². The van der Waals surface area contributed by atoms with E-state index in [0.29, 0.717) is 0 Å². The Morgan fingerprint density at radius 1 is 1.18 bits per heavy atom. The summed E-state index contributed by atoms with van der Waals surface area (Å²) in [5, 5.41) is 10.8. The second-order valence-electron chi connectivity index (χ2n) is 4.12.